The summed E-state index contributed by atoms with van der Waals surface area (Å²) in [5, 5.41) is 0. The van der Waals surface area contributed by atoms with Crippen molar-refractivity contribution in [3.63, 3.8) is 0 Å². The maximum absolute atomic E-state index is 12.6. The molecule has 0 fully saturated rings. The van der Waals surface area contributed by atoms with Crippen molar-refractivity contribution < 1.29 is 14.3 Å². The molecular formula is C26H51NO3. The third-order valence-corrected chi connectivity index (χ3v) is 5.72. The summed E-state index contributed by atoms with van der Waals surface area (Å²) in [5.41, 5.74) is 0. The van der Waals surface area contributed by atoms with Crippen molar-refractivity contribution in [2.24, 2.45) is 0 Å². The van der Waals surface area contributed by atoms with Gasteiger partial charge >= 0.3 is 5.97 Å². The summed E-state index contributed by atoms with van der Waals surface area (Å²) in [6.07, 6.45) is 19.7. The number of ether oxygens (including phenoxy) is 1. The first-order chi connectivity index (χ1) is 14.7. The highest BCUT2D eigenvalue weighted by atomic mass is 16.5. The van der Waals surface area contributed by atoms with Crippen LogP contribution < -0.4 is 0 Å². The molecule has 0 heterocycles. The maximum Gasteiger partial charge on any atom is 0.306 e. The van der Waals surface area contributed by atoms with Crippen LogP contribution in [0.25, 0.3) is 0 Å². The molecule has 4 nitrogen and oxygen atoms in total. The SMILES string of the molecule is CCCCCCCCCCOC(=O)CCC(=O)N(CCCCCC)CCCCCC. The molecule has 0 unspecified atom stereocenters. The minimum absolute atomic E-state index is 0.118. The summed E-state index contributed by atoms with van der Waals surface area (Å²) in [6, 6.07) is 0. The average Bonchev–Trinajstić information content (AvgIpc) is 2.75. The normalized spacial score (nSPS) is 10.9. The first-order valence-electron chi connectivity index (χ1n) is 13.1. The number of amides is 1. The van der Waals surface area contributed by atoms with Crippen molar-refractivity contribution in [1.29, 1.82) is 0 Å². The van der Waals surface area contributed by atoms with Crippen LogP contribution in [0.2, 0.25) is 0 Å². The Morgan fingerprint density at radius 3 is 1.50 bits per heavy atom. The van der Waals surface area contributed by atoms with Gasteiger partial charge in [-0.05, 0) is 19.3 Å². The Hall–Kier alpha value is -1.06. The summed E-state index contributed by atoms with van der Waals surface area (Å²) >= 11 is 0. The van der Waals surface area contributed by atoms with Gasteiger partial charge in [0.25, 0.3) is 0 Å². The van der Waals surface area contributed by atoms with Gasteiger partial charge in [-0.1, -0.05) is 104 Å². The van der Waals surface area contributed by atoms with Gasteiger partial charge in [0.2, 0.25) is 5.91 Å². The molecule has 0 aliphatic heterocycles. The van der Waals surface area contributed by atoms with Crippen LogP contribution >= 0.6 is 0 Å². The molecule has 0 rings (SSSR count). The lowest BCUT2D eigenvalue weighted by Gasteiger charge is -2.23. The van der Waals surface area contributed by atoms with E-state index in [0.717, 1.165) is 38.8 Å². The van der Waals surface area contributed by atoms with Crippen molar-refractivity contribution >= 4 is 11.9 Å². The Kier molecular flexibility index (Phi) is 21.8. The molecule has 0 radical (unpaired) electrons. The molecule has 4 heteroatoms. The van der Waals surface area contributed by atoms with Crippen LogP contribution in [0.3, 0.4) is 0 Å². The number of carbonyl (C=O) groups is 2. The molecule has 0 aromatic heterocycles. The van der Waals surface area contributed by atoms with E-state index in [1.807, 2.05) is 4.90 Å². The molecule has 0 bridgehead atoms. The third-order valence-electron chi connectivity index (χ3n) is 5.72. The number of rotatable bonds is 22. The fraction of sp³-hybridized carbons (Fsp3) is 0.923. The molecule has 0 aromatic rings. The lowest BCUT2D eigenvalue weighted by molar-refractivity contribution is -0.146. The second kappa shape index (κ2) is 22.6. The van der Waals surface area contributed by atoms with E-state index in [2.05, 4.69) is 20.8 Å². The van der Waals surface area contributed by atoms with Crippen molar-refractivity contribution in [2.75, 3.05) is 19.7 Å². The summed E-state index contributed by atoms with van der Waals surface area (Å²) in [4.78, 5) is 26.6. The highest BCUT2D eigenvalue weighted by molar-refractivity contribution is 5.81. The summed E-state index contributed by atoms with van der Waals surface area (Å²) < 4.78 is 5.33. The van der Waals surface area contributed by atoms with Crippen LogP contribution in [0.4, 0.5) is 0 Å². The molecule has 1 amide bonds. The van der Waals surface area contributed by atoms with E-state index < -0.39 is 0 Å². The summed E-state index contributed by atoms with van der Waals surface area (Å²) in [6.45, 7) is 8.80. The van der Waals surface area contributed by atoms with E-state index in [0.29, 0.717) is 6.61 Å². The van der Waals surface area contributed by atoms with Crippen molar-refractivity contribution in [3.8, 4) is 0 Å². The average molecular weight is 426 g/mol. The smallest absolute Gasteiger partial charge is 0.306 e. The van der Waals surface area contributed by atoms with Gasteiger partial charge in [-0.3, -0.25) is 9.59 Å². The summed E-state index contributed by atoms with van der Waals surface area (Å²) in [5.74, 6) is -0.102. The van der Waals surface area contributed by atoms with Gasteiger partial charge in [-0.2, -0.15) is 0 Å². The van der Waals surface area contributed by atoms with E-state index in [9.17, 15) is 9.59 Å². The first-order valence-corrected chi connectivity index (χ1v) is 13.1. The molecule has 0 aliphatic carbocycles. The zero-order valence-corrected chi connectivity index (χ0v) is 20.5. The molecule has 0 saturated heterocycles. The van der Waals surface area contributed by atoms with Crippen molar-refractivity contribution in [2.45, 2.75) is 136 Å². The Morgan fingerprint density at radius 1 is 0.567 bits per heavy atom. The van der Waals surface area contributed by atoms with E-state index in [-0.39, 0.29) is 24.7 Å². The predicted octanol–water partition coefficient (Wildman–Crippen LogP) is 7.44. The van der Waals surface area contributed by atoms with Crippen LogP contribution in [0.15, 0.2) is 0 Å². The predicted molar refractivity (Wildman–Crippen MR) is 128 cm³/mol. The second-order valence-electron chi connectivity index (χ2n) is 8.70. The number of carbonyl (C=O) groups excluding carboxylic acids is 2. The molecule has 178 valence electrons. The molecule has 0 N–H and O–H groups in total. The zero-order valence-electron chi connectivity index (χ0n) is 20.5. The number of nitrogens with zero attached hydrogens (tertiary/aromatic N) is 1. The maximum atomic E-state index is 12.6. The van der Waals surface area contributed by atoms with Crippen LogP contribution in [-0.2, 0) is 14.3 Å². The largest absolute Gasteiger partial charge is 0.466 e. The Balaban J connectivity index is 3.94. The Morgan fingerprint density at radius 2 is 1.00 bits per heavy atom. The van der Waals surface area contributed by atoms with E-state index >= 15 is 0 Å². The molecule has 0 aliphatic rings. The third kappa shape index (κ3) is 18.9. The van der Waals surface area contributed by atoms with Crippen LogP contribution in [0.5, 0.6) is 0 Å². The molecule has 0 spiro atoms. The Labute approximate surface area is 187 Å². The number of esters is 1. The standard InChI is InChI=1S/C26H51NO3/c1-4-7-10-13-14-15-16-19-24-30-26(29)21-20-25(28)27(22-17-11-8-5-2)23-18-12-9-6-3/h4-24H2,1-3H3. The molecular weight excluding hydrogens is 374 g/mol. The van der Waals surface area contributed by atoms with Gasteiger partial charge in [0.1, 0.15) is 0 Å². The quantitative estimate of drug-likeness (QED) is 0.134. The first kappa shape index (κ1) is 28.9. The monoisotopic (exact) mass is 425 g/mol. The van der Waals surface area contributed by atoms with Gasteiger partial charge in [0.05, 0.1) is 13.0 Å². The zero-order chi connectivity index (χ0) is 22.3. The van der Waals surface area contributed by atoms with E-state index in [4.69, 9.17) is 4.74 Å². The van der Waals surface area contributed by atoms with Crippen molar-refractivity contribution in [3.05, 3.63) is 0 Å². The molecule has 0 atom stereocenters. The molecule has 30 heavy (non-hydrogen) atoms. The number of unbranched alkanes of at least 4 members (excludes halogenated alkanes) is 13. The minimum atomic E-state index is -0.219. The lowest BCUT2D eigenvalue weighted by atomic mass is 10.1. The fourth-order valence-electron chi connectivity index (χ4n) is 3.68. The van der Waals surface area contributed by atoms with Crippen LogP contribution in [0, 0.1) is 0 Å². The molecule has 0 saturated carbocycles. The van der Waals surface area contributed by atoms with Gasteiger partial charge < -0.3 is 9.64 Å². The summed E-state index contributed by atoms with van der Waals surface area (Å²) in [7, 11) is 0. The lowest BCUT2D eigenvalue weighted by Crippen LogP contribution is -2.33. The van der Waals surface area contributed by atoms with Crippen LogP contribution in [-0.4, -0.2) is 36.5 Å². The topological polar surface area (TPSA) is 46.6 Å². The highest BCUT2D eigenvalue weighted by Gasteiger charge is 2.15. The van der Waals surface area contributed by atoms with Gasteiger partial charge in [-0.25, -0.2) is 0 Å². The Bertz CT molecular complexity index is 386. The van der Waals surface area contributed by atoms with Gasteiger partial charge in [-0.15, -0.1) is 0 Å². The highest BCUT2D eigenvalue weighted by Crippen LogP contribution is 2.10. The fourth-order valence-corrected chi connectivity index (χ4v) is 3.68. The van der Waals surface area contributed by atoms with E-state index in [1.165, 1.54) is 77.0 Å². The number of hydrogen-bond donors (Lipinski definition) is 0. The van der Waals surface area contributed by atoms with Crippen molar-refractivity contribution in [1.82, 2.24) is 4.90 Å². The minimum Gasteiger partial charge on any atom is -0.466 e. The van der Waals surface area contributed by atoms with E-state index in [1.54, 1.807) is 0 Å². The van der Waals surface area contributed by atoms with Crippen LogP contribution in [0.1, 0.15) is 136 Å². The second-order valence-corrected chi connectivity index (χ2v) is 8.70. The van der Waals surface area contributed by atoms with Gasteiger partial charge in [0, 0.05) is 19.5 Å². The number of hydrogen-bond acceptors (Lipinski definition) is 3. The van der Waals surface area contributed by atoms with Gasteiger partial charge in [0.15, 0.2) is 0 Å². The molecule has 0 aromatic carbocycles.